The molecule has 0 saturated carbocycles. The molecule has 0 aliphatic carbocycles. The molecule has 0 bridgehead atoms. The average Bonchev–Trinajstić information content (AvgIpc) is 2.15. The third-order valence-electron chi connectivity index (χ3n) is 1.91. The quantitative estimate of drug-likeness (QED) is 0.764. The van der Waals surface area contributed by atoms with Gasteiger partial charge in [0.25, 0.3) is 0 Å². The first-order chi connectivity index (χ1) is 6.46. The highest BCUT2D eigenvalue weighted by Crippen LogP contribution is 2.33. The molecule has 1 nitrogen and oxygen atoms in total. The van der Waals surface area contributed by atoms with Crippen molar-refractivity contribution in [1.29, 1.82) is 0 Å². The first kappa shape index (κ1) is 11.4. The van der Waals surface area contributed by atoms with Crippen molar-refractivity contribution in [3.63, 3.8) is 0 Å². The van der Waals surface area contributed by atoms with Crippen LogP contribution in [0, 0.1) is 0 Å². The standard InChI is InChI=1S/C9H10F3NS/c1-14-7-5-3-2-4-6(7)8(13)9(10,11)12/h2-5,8H,13H2,1H3/p+1/t8-/m1/s1. The van der Waals surface area contributed by atoms with E-state index in [0.29, 0.717) is 4.90 Å². The van der Waals surface area contributed by atoms with Crippen LogP contribution in [0.2, 0.25) is 0 Å². The molecule has 0 aliphatic heterocycles. The van der Waals surface area contributed by atoms with Crippen LogP contribution in [-0.2, 0) is 0 Å². The Morgan fingerprint density at radius 3 is 2.36 bits per heavy atom. The van der Waals surface area contributed by atoms with Crippen molar-refractivity contribution < 1.29 is 18.9 Å². The Morgan fingerprint density at radius 2 is 1.86 bits per heavy atom. The molecule has 14 heavy (non-hydrogen) atoms. The van der Waals surface area contributed by atoms with Crippen molar-refractivity contribution in [2.24, 2.45) is 0 Å². The van der Waals surface area contributed by atoms with Crippen molar-refractivity contribution >= 4 is 11.8 Å². The molecular formula is C9H11F3NS+. The molecule has 3 N–H and O–H groups in total. The van der Waals surface area contributed by atoms with E-state index in [1.54, 1.807) is 24.5 Å². The fourth-order valence-corrected chi connectivity index (χ4v) is 1.79. The number of alkyl halides is 3. The fourth-order valence-electron chi connectivity index (χ4n) is 1.13. The predicted octanol–water partition coefficient (Wildman–Crippen LogP) is 2.25. The fraction of sp³-hybridized carbons (Fsp3) is 0.333. The number of benzene rings is 1. The van der Waals surface area contributed by atoms with Crippen molar-refractivity contribution in [3.8, 4) is 0 Å². The minimum absolute atomic E-state index is 0.243. The molecular weight excluding hydrogens is 211 g/mol. The molecule has 78 valence electrons. The lowest BCUT2D eigenvalue weighted by molar-refractivity contribution is -0.488. The molecule has 0 fully saturated rings. The average molecular weight is 222 g/mol. The summed E-state index contributed by atoms with van der Waals surface area (Å²) in [5.41, 5.74) is 3.39. The van der Waals surface area contributed by atoms with Gasteiger partial charge in [-0.15, -0.1) is 11.8 Å². The van der Waals surface area contributed by atoms with Crippen LogP contribution < -0.4 is 5.73 Å². The summed E-state index contributed by atoms with van der Waals surface area (Å²) in [4.78, 5) is 0.629. The third kappa shape index (κ3) is 2.42. The summed E-state index contributed by atoms with van der Waals surface area (Å²) in [6.07, 6.45) is -2.52. The number of hydrogen-bond donors (Lipinski definition) is 1. The van der Waals surface area contributed by atoms with Gasteiger partial charge in [-0.1, -0.05) is 18.2 Å². The summed E-state index contributed by atoms with van der Waals surface area (Å²) in [5.74, 6) is 0. The first-order valence-electron chi connectivity index (χ1n) is 3.99. The molecule has 0 saturated heterocycles. The van der Waals surface area contributed by atoms with Crippen molar-refractivity contribution in [1.82, 2.24) is 0 Å². The zero-order valence-corrected chi connectivity index (χ0v) is 8.45. The maximum absolute atomic E-state index is 12.4. The molecule has 1 atom stereocenters. The van der Waals surface area contributed by atoms with Crippen LogP contribution in [0.25, 0.3) is 0 Å². The van der Waals surface area contributed by atoms with E-state index in [9.17, 15) is 13.2 Å². The Bertz CT molecular complexity index is 311. The van der Waals surface area contributed by atoms with E-state index in [2.05, 4.69) is 5.73 Å². The number of hydrogen-bond acceptors (Lipinski definition) is 1. The molecule has 1 aromatic rings. The summed E-state index contributed by atoms with van der Waals surface area (Å²) >= 11 is 1.30. The van der Waals surface area contributed by atoms with E-state index in [1.807, 2.05) is 0 Å². The van der Waals surface area contributed by atoms with Crippen LogP contribution in [0.1, 0.15) is 11.6 Å². The Balaban J connectivity index is 3.06. The summed E-state index contributed by atoms with van der Waals surface area (Å²) in [6.45, 7) is 0. The summed E-state index contributed by atoms with van der Waals surface area (Å²) in [5, 5.41) is 0. The highest BCUT2D eigenvalue weighted by atomic mass is 32.2. The van der Waals surface area contributed by atoms with E-state index in [1.165, 1.54) is 17.8 Å². The lowest BCUT2D eigenvalue weighted by Crippen LogP contribution is -2.60. The van der Waals surface area contributed by atoms with Crippen LogP contribution >= 0.6 is 11.8 Å². The van der Waals surface area contributed by atoms with Gasteiger partial charge in [0.05, 0.1) is 0 Å². The summed E-state index contributed by atoms with van der Waals surface area (Å²) in [7, 11) is 0. The van der Waals surface area contributed by atoms with Crippen molar-refractivity contribution in [2.45, 2.75) is 17.1 Å². The lowest BCUT2D eigenvalue weighted by atomic mass is 10.1. The van der Waals surface area contributed by atoms with Crippen molar-refractivity contribution in [2.75, 3.05) is 6.26 Å². The monoisotopic (exact) mass is 222 g/mol. The molecule has 0 aliphatic rings. The van der Waals surface area contributed by atoms with Gasteiger partial charge in [0, 0.05) is 10.5 Å². The zero-order valence-electron chi connectivity index (χ0n) is 7.64. The van der Waals surface area contributed by atoms with Gasteiger partial charge < -0.3 is 5.73 Å². The van der Waals surface area contributed by atoms with E-state index >= 15 is 0 Å². The largest absolute Gasteiger partial charge is 0.445 e. The smallest absolute Gasteiger partial charge is 0.344 e. The van der Waals surface area contributed by atoms with E-state index in [-0.39, 0.29) is 5.56 Å². The lowest BCUT2D eigenvalue weighted by Gasteiger charge is -2.15. The van der Waals surface area contributed by atoms with Gasteiger partial charge in [0.1, 0.15) is 0 Å². The molecule has 1 aromatic carbocycles. The van der Waals surface area contributed by atoms with Crippen LogP contribution in [0.15, 0.2) is 29.2 Å². The zero-order chi connectivity index (χ0) is 10.8. The highest BCUT2D eigenvalue weighted by molar-refractivity contribution is 7.98. The number of rotatable bonds is 2. The second kappa shape index (κ2) is 4.23. The molecule has 1 rings (SSSR count). The van der Waals surface area contributed by atoms with Crippen LogP contribution in [0.5, 0.6) is 0 Å². The molecule has 5 heteroatoms. The van der Waals surface area contributed by atoms with E-state index in [4.69, 9.17) is 0 Å². The number of quaternary nitrogens is 1. The van der Waals surface area contributed by atoms with Crippen LogP contribution in [-0.4, -0.2) is 12.4 Å². The minimum Gasteiger partial charge on any atom is -0.344 e. The molecule has 0 radical (unpaired) electrons. The van der Waals surface area contributed by atoms with E-state index in [0.717, 1.165) is 0 Å². The molecule has 0 aromatic heterocycles. The SMILES string of the molecule is CSc1ccccc1[C@@H]([NH3+])C(F)(F)F. The van der Waals surface area contributed by atoms with Gasteiger partial charge >= 0.3 is 6.18 Å². The second-order valence-corrected chi connectivity index (χ2v) is 3.68. The van der Waals surface area contributed by atoms with Crippen LogP contribution in [0.3, 0.4) is 0 Å². The number of halogens is 3. The second-order valence-electron chi connectivity index (χ2n) is 2.84. The summed E-state index contributed by atoms with van der Waals surface area (Å²) in [6, 6.07) is 4.81. The van der Waals surface area contributed by atoms with Gasteiger partial charge in [0.2, 0.25) is 6.04 Å². The molecule has 0 unspecified atom stereocenters. The Hall–Kier alpha value is -0.680. The highest BCUT2D eigenvalue weighted by Gasteiger charge is 2.42. The third-order valence-corrected chi connectivity index (χ3v) is 2.72. The normalized spacial score (nSPS) is 14.1. The summed E-state index contributed by atoms with van der Waals surface area (Å²) < 4.78 is 37.1. The molecule has 0 heterocycles. The van der Waals surface area contributed by atoms with Crippen LogP contribution in [0.4, 0.5) is 13.2 Å². The minimum atomic E-state index is -4.27. The molecule has 0 spiro atoms. The van der Waals surface area contributed by atoms with Gasteiger partial charge in [-0.05, 0) is 12.3 Å². The van der Waals surface area contributed by atoms with Gasteiger partial charge in [-0.25, -0.2) is 0 Å². The first-order valence-corrected chi connectivity index (χ1v) is 5.22. The van der Waals surface area contributed by atoms with Gasteiger partial charge in [-0.2, -0.15) is 13.2 Å². The van der Waals surface area contributed by atoms with E-state index < -0.39 is 12.2 Å². The Kier molecular flexibility index (Phi) is 3.44. The Labute approximate surface area is 84.5 Å². The topological polar surface area (TPSA) is 27.6 Å². The maximum Gasteiger partial charge on any atom is 0.445 e. The predicted molar refractivity (Wildman–Crippen MR) is 49.9 cm³/mol. The van der Waals surface area contributed by atoms with Gasteiger partial charge in [0.15, 0.2) is 0 Å². The number of thioether (sulfide) groups is 1. The molecule has 0 amide bonds. The maximum atomic E-state index is 12.4. The Morgan fingerprint density at radius 1 is 1.29 bits per heavy atom. The van der Waals surface area contributed by atoms with Gasteiger partial charge in [-0.3, -0.25) is 0 Å². The van der Waals surface area contributed by atoms with Crippen molar-refractivity contribution in [3.05, 3.63) is 29.8 Å².